The molecule has 0 aliphatic heterocycles. The van der Waals surface area contributed by atoms with Crippen molar-refractivity contribution in [2.45, 2.75) is 6.42 Å². The third kappa shape index (κ3) is 5.84. The number of hydrogen-bond acceptors (Lipinski definition) is 1. The smallest absolute Gasteiger partial charge is 0.307 e. The van der Waals surface area contributed by atoms with Crippen LogP contribution in [0.4, 0.5) is 0 Å². The Balaban J connectivity index is 0.785. The van der Waals surface area contributed by atoms with E-state index in [4.69, 9.17) is 0 Å². The van der Waals surface area contributed by atoms with Gasteiger partial charge in [-0.3, -0.25) is 4.79 Å². The molecule has 0 amide bonds. The van der Waals surface area contributed by atoms with E-state index < -0.39 is 5.97 Å². The Morgan fingerprint density at radius 3 is 0.643 bits per heavy atom. The van der Waals surface area contributed by atoms with Crippen LogP contribution in [0.5, 0.6) is 0 Å². The van der Waals surface area contributed by atoms with Crippen molar-refractivity contribution in [3.05, 3.63) is 218 Å². The number of benzene rings is 16. The first-order valence-electron chi connectivity index (χ1n) is 24.1. The largest absolute Gasteiger partial charge is 0.481 e. The van der Waals surface area contributed by atoms with Gasteiger partial charge in [0.2, 0.25) is 0 Å². The maximum Gasteiger partial charge on any atom is 0.307 e. The number of fused-ring (bicyclic) bond motifs is 15. The average Bonchev–Trinajstić information content (AvgIpc) is 3.35. The molecule has 70 heavy (non-hydrogen) atoms. The molecule has 16 rings (SSSR count). The summed E-state index contributed by atoms with van der Waals surface area (Å²) in [6.45, 7) is 0. The van der Waals surface area contributed by atoms with Gasteiger partial charge in [0.1, 0.15) is 0 Å². The molecule has 2 nitrogen and oxygen atoms in total. The molecule has 0 bridgehead atoms. The minimum absolute atomic E-state index is 0.0102. The predicted octanol–water partition coefficient (Wildman–Crippen LogP) is 18.6. The molecule has 0 radical (unpaired) electrons. The van der Waals surface area contributed by atoms with Crippen molar-refractivity contribution in [2.24, 2.45) is 0 Å². The SMILES string of the molecule is O=C(O)Cc1cccc2cc3cc4cc5cc6cc7cc8cc9cc%10cc%11cc%12cc%13cc%14cc%15cc%16ccccc%16cc%15cc%14cc%13cc%12cc%11cc%10cc9cc8cc7cc6cc5cc4cc3cc12. The first-order valence-corrected chi connectivity index (χ1v) is 24.1. The summed E-state index contributed by atoms with van der Waals surface area (Å²) in [6, 6.07) is 79.9. The molecule has 16 aromatic carbocycles. The number of aliphatic carboxylic acids is 1. The molecule has 0 saturated heterocycles. The zero-order valence-electron chi connectivity index (χ0n) is 37.8. The molecule has 0 heterocycles. The summed E-state index contributed by atoms with van der Waals surface area (Å²) in [5, 5.41) is 46.3. The standard InChI is InChI=1S/C68H38O2/c69-68(70)36-40-7-3-6-39-10-43-13-46-16-49-19-52-22-55-25-58-28-59-26-56-23-53-20-50-17-47-14-44-11-41-8-37-4-1-2-5-38(37)9-42(41)12-45(44)15-48(47)18-51(50)21-54(53)24-57(56)27-60(59)29-61(58)30-62(55)31-63(52)32-64(49)33-65(46)34-66(43)35-67(39)40/h1-35H,36H2,(H,69,70). The molecular weight excluding hydrogens is 849 g/mol. The van der Waals surface area contributed by atoms with E-state index in [-0.39, 0.29) is 6.42 Å². The van der Waals surface area contributed by atoms with Gasteiger partial charge >= 0.3 is 5.97 Å². The van der Waals surface area contributed by atoms with Gasteiger partial charge in [-0.2, -0.15) is 0 Å². The van der Waals surface area contributed by atoms with Gasteiger partial charge in [-0.1, -0.05) is 42.5 Å². The molecule has 0 aromatic heterocycles. The van der Waals surface area contributed by atoms with Crippen LogP contribution in [-0.2, 0) is 11.2 Å². The van der Waals surface area contributed by atoms with E-state index in [2.05, 4.69) is 200 Å². The molecule has 1 N–H and O–H groups in total. The molecule has 322 valence electrons. The van der Waals surface area contributed by atoms with E-state index in [0.717, 1.165) is 27.1 Å². The van der Waals surface area contributed by atoms with Gasteiger partial charge in [0.25, 0.3) is 0 Å². The minimum atomic E-state index is -0.816. The van der Waals surface area contributed by atoms with Gasteiger partial charge in [0.15, 0.2) is 0 Å². The molecule has 0 aliphatic carbocycles. The van der Waals surface area contributed by atoms with E-state index in [0.29, 0.717) is 0 Å². The number of carbonyl (C=O) groups is 1. The summed E-state index contributed by atoms with van der Waals surface area (Å²) in [7, 11) is 0. The van der Waals surface area contributed by atoms with Crippen LogP contribution in [0.25, 0.3) is 162 Å². The van der Waals surface area contributed by atoms with Gasteiger partial charge in [-0.05, 0) is 337 Å². The van der Waals surface area contributed by atoms with Crippen molar-refractivity contribution in [2.75, 3.05) is 0 Å². The van der Waals surface area contributed by atoms with E-state index in [1.807, 2.05) is 12.1 Å². The first kappa shape index (κ1) is 37.9. The molecule has 0 atom stereocenters. The second-order valence-corrected chi connectivity index (χ2v) is 20.0. The zero-order valence-corrected chi connectivity index (χ0v) is 37.8. The lowest BCUT2D eigenvalue weighted by Gasteiger charge is -2.11. The van der Waals surface area contributed by atoms with Crippen molar-refractivity contribution in [3.8, 4) is 0 Å². The summed E-state index contributed by atoms with van der Waals surface area (Å²) >= 11 is 0. The lowest BCUT2D eigenvalue weighted by Crippen LogP contribution is -2.00. The van der Waals surface area contributed by atoms with Crippen molar-refractivity contribution < 1.29 is 9.90 Å². The quantitative estimate of drug-likeness (QED) is 0.176. The summed E-state index contributed by atoms with van der Waals surface area (Å²) < 4.78 is 0. The van der Waals surface area contributed by atoms with Crippen LogP contribution in [0, 0.1) is 0 Å². The monoisotopic (exact) mass is 886 g/mol. The third-order valence-electron chi connectivity index (χ3n) is 15.6. The Morgan fingerprint density at radius 2 is 0.414 bits per heavy atom. The van der Waals surface area contributed by atoms with E-state index in [1.165, 1.54) is 140 Å². The van der Waals surface area contributed by atoms with Gasteiger partial charge in [-0.25, -0.2) is 0 Å². The Kier molecular flexibility index (Phi) is 7.45. The molecule has 16 aromatic rings. The zero-order chi connectivity index (χ0) is 45.9. The lowest BCUT2D eigenvalue weighted by atomic mass is 9.93. The van der Waals surface area contributed by atoms with Crippen molar-refractivity contribution >= 4 is 168 Å². The Bertz CT molecular complexity index is 5120. The Hall–Kier alpha value is -9.11. The highest BCUT2D eigenvalue weighted by molar-refractivity contribution is 6.17. The summed E-state index contributed by atoms with van der Waals surface area (Å²) in [5.74, 6) is -0.816. The van der Waals surface area contributed by atoms with Crippen LogP contribution in [0.3, 0.4) is 0 Å². The van der Waals surface area contributed by atoms with Crippen LogP contribution >= 0.6 is 0 Å². The highest BCUT2D eigenvalue weighted by atomic mass is 16.4. The van der Waals surface area contributed by atoms with Crippen molar-refractivity contribution in [3.63, 3.8) is 0 Å². The van der Waals surface area contributed by atoms with E-state index >= 15 is 0 Å². The number of carboxylic acids is 1. The predicted molar refractivity (Wildman–Crippen MR) is 300 cm³/mol. The summed E-state index contributed by atoms with van der Waals surface area (Å²) in [4.78, 5) is 11.6. The Labute approximate surface area is 399 Å². The van der Waals surface area contributed by atoms with Gasteiger partial charge in [0.05, 0.1) is 6.42 Å². The first-order chi connectivity index (χ1) is 34.3. The van der Waals surface area contributed by atoms with Crippen LogP contribution in [-0.4, -0.2) is 11.1 Å². The molecule has 0 fully saturated rings. The van der Waals surface area contributed by atoms with Crippen LogP contribution in [0.1, 0.15) is 5.56 Å². The fourth-order valence-electron chi connectivity index (χ4n) is 12.1. The minimum Gasteiger partial charge on any atom is -0.481 e. The number of rotatable bonds is 2. The van der Waals surface area contributed by atoms with Crippen molar-refractivity contribution in [1.29, 1.82) is 0 Å². The van der Waals surface area contributed by atoms with Crippen LogP contribution < -0.4 is 0 Å². The topological polar surface area (TPSA) is 37.3 Å². The number of hydrogen-bond donors (Lipinski definition) is 1. The van der Waals surface area contributed by atoms with Gasteiger partial charge < -0.3 is 5.11 Å². The second-order valence-electron chi connectivity index (χ2n) is 20.0. The fourth-order valence-corrected chi connectivity index (χ4v) is 12.1. The van der Waals surface area contributed by atoms with E-state index in [9.17, 15) is 9.90 Å². The third-order valence-corrected chi connectivity index (χ3v) is 15.6. The highest BCUT2D eigenvalue weighted by Gasteiger charge is 2.12. The molecule has 0 saturated carbocycles. The second kappa shape index (κ2) is 13.8. The molecule has 0 unspecified atom stereocenters. The van der Waals surface area contributed by atoms with E-state index in [1.54, 1.807) is 0 Å². The highest BCUT2D eigenvalue weighted by Crippen LogP contribution is 2.39. The van der Waals surface area contributed by atoms with Crippen molar-refractivity contribution in [1.82, 2.24) is 0 Å². The molecular formula is C68H38O2. The van der Waals surface area contributed by atoms with Crippen LogP contribution in [0.15, 0.2) is 212 Å². The number of carboxylic acid groups (broad SMARTS) is 1. The lowest BCUT2D eigenvalue weighted by molar-refractivity contribution is -0.136. The normalized spacial score (nSPS) is 12.5. The van der Waals surface area contributed by atoms with Gasteiger partial charge in [-0.15, -0.1) is 0 Å². The average molecular weight is 887 g/mol. The molecule has 2 heteroatoms. The van der Waals surface area contributed by atoms with Gasteiger partial charge in [0, 0.05) is 0 Å². The van der Waals surface area contributed by atoms with Crippen LogP contribution in [0.2, 0.25) is 0 Å². The fraction of sp³-hybridized carbons (Fsp3) is 0.0147. The summed E-state index contributed by atoms with van der Waals surface area (Å²) in [5.41, 5.74) is 0.841. The maximum absolute atomic E-state index is 11.6. The Morgan fingerprint density at radius 1 is 0.229 bits per heavy atom. The maximum atomic E-state index is 11.6. The molecule has 0 aliphatic rings. The molecule has 0 spiro atoms. The summed E-state index contributed by atoms with van der Waals surface area (Å²) in [6.07, 6.45) is 0.0102.